The third kappa shape index (κ3) is 3.21. The Morgan fingerprint density at radius 2 is 2.29 bits per heavy atom. The monoisotopic (exact) mass is 263 g/mol. The van der Waals surface area contributed by atoms with Gasteiger partial charge in [0, 0.05) is 11.9 Å². The summed E-state index contributed by atoms with van der Waals surface area (Å²) in [5.41, 5.74) is 1.29. The summed E-state index contributed by atoms with van der Waals surface area (Å²) in [7, 11) is 0. The number of nitrogens with zero attached hydrogens (tertiary/aromatic N) is 2. The molecule has 0 aliphatic rings. The van der Waals surface area contributed by atoms with Crippen molar-refractivity contribution in [1.29, 1.82) is 0 Å². The number of rotatable bonds is 2. The molecule has 0 radical (unpaired) electrons. The Balaban J connectivity index is 2.22. The zero-order chi connectivity index (χ0) is 12.3. The molecule has 0 unspecified atom stereocenters. The molecule has 0 amide bonds. The summed E-state index contributed by atoms with van der Waals surface area (Å²) < 4.78 is 0.376. The van der Waals surface area contributed by atoms with Crippen LogP contribution >= 0.6 is 24.0 Å². The van der Waals surface area contributed by atoms with Crippen LogP contribution in [0, 0.1) is 11.7 Å². The van der Waals surface area contributed by atoms with Gasteiger partial charge in [0.25, 0.3) is 0 Å². The first-order chi connectivity index (χ1) is 8.15. The van der Waals surface area contributed by atoms with Crippen LogP contribution in [0.15, 0.2) is 35.5 Å². The van der Waals surface area contributed by atoms with E-state index < -0.39 is 0 Å². The Kier molecular flexibility index (Phi) is 3.65. The van der Waals surface area contributed by atoms with Crippen LogP contribution in [0.1, 0.15) is 16.2 Å². The number of hydrogen-bond donors (Lipinski definition) is 1. The highest BCUT2D eigenvalue weighted by atomic mass is 32.2. The lowest BCUT2D eigenvalue weighted by atomic mass is 10.4. The molecule has 0 atom stereocenters. The van der Waals surface area contributed by atoms with Gasteiger partial charge in [0.1, 0.15) is 10.7 Å². The molecule has 0 saturated carbocycles. The van der Waals surface area contributed by atoms with Gasteiger partial charge in [0.15, 0.2) is 4.77 Å². The van der Waals surface area contributed by atoms with Gasteiger partial charge in [-0.2, -0.15) is 0 Å². The highest BCUT2D eigenvalue weighted by Gasteiger charge is 2.10. The molecule has 2 aromatic heterocycles. The van der Waals surface area contributed by atoms with Crippen molar-refractivity contribution in [3.63, 3.8) is 0 Å². The molecule has 17 heavy (non-hydrogen) atoms. The van der Waals surface area contributed by atoms with Crippen molar-refractivity contribution in [3.05, 3.63) is 46.6 Å². The minimum absolute atomic E-state index is 0.141. The lowest BCUT2D eigenvalue weighted by molar-refractivity contribution is 0.108. The lowest BCUT2D eigenvalue weighted by Crippen LogP contribution is -1.98. The van der Waals surface area contributed by atoms with Gasteiger partial charge >= 0.3 is 0 Å². The van der Waals surface area contributed by atoms with E-state index in [1.807, 2.05) is 6.92 Å². The largest absolute Gasteiger partial charge is 0.335 e. The van der Waals surface area contributed by atoms with E-state index >= 15 is 0 Å². The fourth-order valence-electron chi connectivity index (χ4n) is 1.23. The Morgan fingerprint density at radius 3 is 2.94 bits per heavy atom. The Morgan fingerprint density at radius 1 is 1.47 bits per heavy atom. The molecule has 2 aromatic rings. The van der Waals surface area contributed by atoms with Crippen LogP contribution < -0.4 is 0 Å². The third-order valence-corrected chi connectivity index (χ3v) is 2.93. The normalized spacial score (nSPS) is 10.2. The standard InChI is InChI=1S/C11H9N3OS2/c1-7-6-9(14-11(16)13-7)17-10(15)8-4-2-3-5-12-8/h2-6H,1H3,(H,13,14,16). The highest BCUT2D eigenvalue weighted by Crippen LogP contribution is 2.19. The first kappa shape index (κ1) is 11.9. The van der Waals surface area contributed by atoms with Crippen LogP contribution in [0.25, 0.3) is 0 Å². The number of hydrogen-bond acceptors (Lipinski definition) is 5. The summed E-state index contributed by atoms with van der Waals surface area (Å²) in [5, 5.41) is 0.444. The Bertz CT molecular complexity index is 595. The second kappa shape index (κ2) is 5.20. The fraction of sp³-hybridized carbons (Fsp3) is 0.0909. The smallest absolute Gasteiger partial charge is 0.243 e. The second-order valence-electron chi connectivity index (χ2n) is 3.31. The molecule has 1 N–H and O–H groups in total. The predicted molar refractivity (Wildman–Crippen MR) is 68.6 cm³/mol. The van der Waals surface area contributed by atoms with Gasteiger partial charge in [0.2, 0.25) is 5.12 Å². The van der Waals surface area contributed by atoms with Crippen LogP contribution in [-0.2, 0) is 0 Å². The van der Waals surface area contributed by atoms with Crippen molar-refractivity contribution < 1.29 is 4.79 Å². The number of pyridine rings is 1. The topological polar surface area (TPSA) is 58.6 Å². The SMILES string of the molecule is Cc1cc(SC(=O)c2ccccn2)nc(=S)[nH]1. The van der Waals surface area contributed by atoms with Gasteiger partial charge in [-0.05, 0) is 49.1 Å². The molecular weight excluding hydrogens is 254 g/mol. The second-order valence-corrected chi connectivity index (χ2v) is 4.69. The van der Waals surface area contributed by atoms with E-state index in [-0.39, 0.29) is 5.12 Å². The van der Waals surface area contributed by atoms with Crippen molar-refractivity contribution in [1.82, 2.24) is 15.0 Å². The molecule has 2 rings (SSSR count). The van der Waals surface area contributed by atoms with Crippen LogP contribution in [0.5, 0.6) is 0 Å². The number of carbonyl (C=O) groups is 1. The average molecular weight is 263 g/mol. The van der Waals surface area contributed by atoms with Gasteiger partial charge < -0.3 is 4.98 Å². The van der Waals surface area contributed by atoms with Crippen molar-refractivity contribution in [2.45, 2.75) is 11.9 Å². The quantitative estimate of drug-likeness (QED) is 0.513. The molecular formula is C11H9N3OS2. The van der Waals surface area contributed by atoms with Crippen LogP contribution in [-0.4, -0.2) is 20.1 Å². The van der Waals surface area contributed by atoms with E-state index in [1.54, 1.807) is 30.5 Å². The summed E-state index contributed by atoms with van der Waals surface area (Å²) in [4.78, 5) is 22.8. The maximum atomic E-state index is 11.9. The van der Waals surface area contributed by atoms with E-state index in [2.05, 4.69) is 15.0 Å². The first-order valence-electron chi connectivity index (χ1n) is 4.86. The van der Waals surface area contributed by atoms with Crippen molar-refractivity contribution in [2.24, 2.45) is 0 Å². The van der Waals surface area contributed by atoms with E-state index in [1.165, 1.54) is 0 Å². The number of H-pyrrole nitrogens is 1. The molecule has 0 aliphatic carbocycles. The molecule has 0 saturated heterocycles. The van der Waals surface area contributed by atoms with Crippen molar-refractivity contribution in [3.8, 4) is 0 Å². The zero-order valence-electron chi connectivity index (χ0n) is 9.01. The molecule has 0 bridgehead atoms. The summed E-state index contributed by atoms with van der Waals surface area (Å²) >= 11 is 5.98. The van der Waals surface area contributed by atoms with Crippen LogP contribution in [0.2, 0.25) is 0 Å². The summed E-state index contributed by atoms with van der Waals surface area (Å²) in [6.45, 7) is 1.87. The summed E-state index contributed by atoms with van der Waals surface area (Å²) in [6.07, 6.45) is 1.59. The Hall–Kier alpha value is -1.53. The van der Waals surface area contributed by atoms with Crippen LogP contribution in [0.4, 0.5) is 0 Å². The van der Waals surface area contributed by atoms with Gasteiger partial charge in [-0.3, -0.25) is 9.78 Å². The molecule has 0 aliphatic heterocycles. The number of aromatic amines is 1. The Labute approximate surface area is 108 Å². The van der Waals surface area contributed by atoms with Crippen molar-refractivity contribution in [2.75, 3.05) is 0 Å². The molecule has 2 heterocycles. The molecule has 0 aromatic carbocycles. The fourth-order valence-corrected chi connectivity index (χ4v) is 2.34. The number of nitrogens with one attached hydrogen (secondary N) is 1. The number of aryl methyl sites for hydroxylation is 1. The number of carbonyl (C=O) groups excluding carboxylic acids is 1. The lowest BCUT2D eigenvalue weighted by Gasteiger charge is -2.00. The summed E-state index contributed by atoms with van der Waals surface area (Å²) in [6, 6.07) is 6.99. The van der Waals surface area contributed by atoms with E-state index in [4.69, 9.17) is 12.2 Å². The van der Waals surface area contributed by atoms with E-state index in [0.29, 0.717) is 15.5 Å². The van der Waals surface area contributed by atoms with Crippen LogP contribution in [0.3, 0.4) is 0 Å². The van der Waals surface area contributed by atoms with E-state index in [9.17, 15) is 4.79 Å². The molecule has 4 nitrogen and oxygen atoms in total. The molecule has 6 heteroatoms. The van der Waals surface area contributed by atoms with Gasteiger partial charge in [-0.1, -0.05) is 6.07 Å². The number of aromatic nitrogens is 3. The van der Waals surface area contributed by atoms with Crippen molar-refractivity contribution >= 4 is 29.1 Å². The maximum absolute atomic E-state index is 11.9. The minimum atomic E-state index is -0.141. The summed E-state index contributed by atoms with van der Waals surface area (Å²) in [5.74, 6) is 0. The molecule has 0 spiro atoms. The highest BCUT2D eigenvalue weighted by molar-refractivity contribution is 8.14. The minimum Gasteiger partial charge on any atom is -0.335 e. The zero-order valence-corrected chi connectivity index (χ0v) is 10.6. The first-order valence-corrected chi connectivity index (χ1v) is 6.09. The van der Waals surface area contributed by atoms with Gasteiger partial charge in [0.05, 0.1) is 0 Å². The average Bonchev–Trinajstić information content (AvgIpc) is 2.28. The third-order valence-electron chi connectivity index (χ3n) is 1.93. The number of thioether (sulfide) groups is 1. The molecule has 86 valence electrons. The van der Waals surface area contributed by atoms with E-state index in [0.717, 1.165) is 17.5 Å². The maximum Gasteiger partial charge on any atom is 0.243 e. The van der Waals surface area contributed by atoms with Gasteiger partial charge in [-0.25, -0.2) is 4.98 Å². The van der Waals surface area contributed by atoms with Gasteiger partial charge in [-0.15, -0.1) is 0 Å². The predicted octanol–water partition coefficient (Wildman–Crippen LogP) is 2.78. The molecule has 0 fully saturated rings.